The molecule has 2 nitrogen and oxygen atoms in total. The second-order valence-electron chi connectivity index (χ2n) is 5.23. The maximum absolute atomic E-state index is 12.0. The fourth-order valence-electron chi connectivity index (χ4n) is 2.60. The Morgan fingerprint density at radius 2 is 1.87 bits per heavy atom. The van der Waals surface area contributed by atoms with Crippen LogP contribution in [0.1, 0.15) is 51.9 Å². The lowest BCUT2D eigenvalue weighted by Crippen LogP contribution is -2.40. The van der Waals surface area contributed by atoms with Crippen LogP contribution in [-0.2, 0) is 4.79 Å². The second-order valence-corrected chi connectivity index (χ2v) is 5.23. The Morgan fingerprint density at radius 3 is 2.60 bits per heavy atom. The first-order chi connectivity index (χ1) is 7.29. The van der Waals surface area contributed by atoms with Crippen LogP contribution >= 0.6 is 0 Å². The molecule has 86 valence electrons. The van der Waals surface area contributed by atoms with E-state index >= 15 is 0 Å². The third kappa shape index (κ3) is 3.04. The van der Waals surface area contributed by atoms with Gasteiger partial charge >= 0.3 is 0 Å². The van der Waals surface area contributed by atoms with E-state index in [2.05, 4.69) is 12.2 Å². The van der Waals surface area contributed by atoms with Gasteiger partial charge in [-0.1, -0.05) is 26.2 Å². The maximum atomic E-state index is 12.0. The maximum Gasteiger partial charge on any atom is 0.140 e. The summed E-state index contributed by atoms with van der Waals surface area (Å²) in [5, 5.41) is 3.56. The van der Waals surface area contributed by atoms with Gasteiger partial charge in [-0.2, -0.15) is 0 Å². The van der Waals surface area contributed by atoms with Crippen LogP contribution in [0.25, 0.3) is 0 Å². The van der Waals surface area contributed by atoms with Crippen molar-refractivity contribution in [2.45, 2.75) is 57.9 Å². The zero-order valence-electron chi connectivity index (χ0n) is 9.80. The summed E-state index contributed by atoms with van der Waals surface area (Å²) in [6.07, 6.45) is 8.76. The van der Waals surface area contributed by atoms with Crippen molar-refractivity contribution in [2.75, 3.05) is 6.54 Å². The first-order valence-electron chi connectivity index (χ1n) is 6.56. The molecule has 0 spiro atoms. The fourth-order valence-corrected chi connectivity index (χ4v) is 2.60. The molecule has 1 saturated heterocycles. The van der Waals surface area contributed by atoms with Gasteiger partial charge in [-0.05, 0) is 32.2 Å². The average Bonchev–Trinajstić information content (AvgIpc) is 2.98. The van der Waals surface area contributed by atoms with Crippen LogP contribution in [0, 0.1) is 11.8 Å². The van der Waals surface area contributed by atoms with E-state index in [1.54, 1.807) is 0 Å². The molecule has 1 N–H and O–H groups in total. The molecular weight excluding hydrogens is 186 g/mol. The van der Waals surface area contributed by atoms with Gasteiger partial charge in [0.1, 0.15) is 5.78 Å². The van der Waals surface area contributed by atoms with Gasteiger partial charge in [-0.3, -0.25) is 4.79 Å². The third-order valence-electron chi connectivity index (χ3n) is 3.88. The summed E-state index contributed by atoms with van der Waals surface area (Å²) < 4.78 is 0. The largest absolute Gasteiger partial charge is 0.313 e. The summed E-state index contributed by atoms with van der Waals surface area (Å²) in [5.41, 5.74) is 0. The van der Waals surface area contributed by atoms with Gasteiger partial charge < -0.3 is 5.32 Å². The molecule has 0 radical (unpaired) electrons. The number of Topliss-reactive ketones (excluding diaryl/α,β-unsaturated/α-hetero) is 1. The molecule has 2 aliphatic rings. The molecule has 2 fully saturated rings. The minimum absolute atomic E-state index is 0.246. The van der Waals surface area contributed by atoms with Crippen molar-refractivity contribution in [3.63, 3.8) is 0 Å². The number of nitrogens with one attached hydrogen (secondary N) is 1. The van der Waals surface area contributed by atoms with E-state index < -0.39 is 0 Å². The molecule has 2 atom stereocenters. The number of ketones is 1. The van der Waals surface area contributed by atoms with E-state index in [4.69, 9.17) is 0 Å². The number of carbonyl (C=O) groups excluding carboxylic acids is 1. The lowest BCUT2D eigenvalue weighted by Gasteiger charge is -2.26. The number of hydrogen-bond donors (Lipinski definition) is 1. The fraction of sp³-hybridized carbons (Fsp3) is 0.923. The summed E-state index contributed by atoms with van der Waals surface area (Å²) >= 11 is 0. The van der Waals surface area contributed by atoms with Crippen molar-refractivity contribution >= 4 is 5.78 Å². The second kappa shape index (κ2) is 5.11. The molecule has 0 aromatic rings. The minimum atomic E-state index is 0.246. The Kier molecular flexibility index (Phi) is 3.79. The van der Waals surface area contributed by atoms with Gasteiger partial charge in [0.2, 0.25) is 0 Å². The molecule has 2 heteroatoms. The van der Waals surface area contributed by atoms with Gasteiger partial charge in [0, 0.05) is 17.9 Å². The van der Waals surface area contributed by atoms with Crippen LogP contribution in [0.5, 0.6) is 0 Å². The zero-order valence-corrected chi connectivity index (χ0v) is 9.80. The molecule has 0 aromatic carbocycles. The Labute approximate surface area is 92.8 Å². The van der Waals surface area contributed by atoms with E-state index in [9.17, 15) is 4.79 Å². The molecule has 1 aliphatic carbocycles. The van der Waals surface area contributed by atoms with Gasteiger partial charge in [0.15, 0.2) is 0 Å². The Balaban J connectivity index is 1.85. The van der Waals surface area contributed by atoms with E-state index in [1.165, 1.54) is 32.1 Å². The summed E-state index contributed by atoms with van der Waals surface area (Å²) in [4.78, 5) is 12.0. The topological polar surface area (TPSA) is 29.1 Å². The highest BCUT2D eigenvalue weighted by Gasteiger charge is 2.35. The summed E-state index contributed by atoms with van der Waals surface area (Å²) in [6, 6.07) is 0.457. The quantitative estimate of drug-likeness (QED) is 0.774. The van der Waals surface area contributed by atoms with Crippen LogP contribution in [0.15, 0.2) is 0 Å². The first kappa shape index (κ1) is 11.1. The van der Waals surface area contributed by atoms with Crippen LogP contribution < -0.4 is 5.32 Å². The molecule has 0 amide bonds. The number of carbonyl (C=O) groups is 1. The van der Waals surface area contributed by atoms with Gasteiger partial charge in [0.05, 0.1) is 0 Å². The Morgan fingerprint density at radius 1 is 1.13 bits per heavy atom. The van der Waals surface area contributed by atoms with Crippen molar-refractivity contribution in [1.29, 1.82) is 0 Å². The zero-order chi connectivity index (χ0) is 10.7. The van der Waals surface area contributed by atoms with E-state index in [0.29, 0.717) is 17.7 Å². The molecule has 0 bridgehead atoms. The van der Waals surface area contributed by atoms with Gasteiger partial charge in [-0.15, -0.1) is 0 Å². The SMILES string of the molecule is CC(C(=O)C1CC1)C1CCCCCCN1. The molecule has 15 heavy (non-hydrogen) atoms. The molecule has 2 unspecified atom stereocenters. The average molecular weight is 209 g/mol. The van der Waals surface area contributed by atoms with Crippen molar-refractivity contribution in [3.05, 3.63) is 0 Å². The normalized spacial score (nSPS) is 30.3. The van der Waals surface area contributed by atoms with E-state index in [0.717, 1.165) is 19.4 Å². The molecule has 0 aromatic heterocycles. The van der Waals surface area contributed by atoms with E-state index in [-0.39, 0.29) is 5.92 Å². The molecule has 2 rings (SSSR count). The van der Waals surface area contributed by atoms with Crippen molar-refractivity contribution in [1.82, 2.24) is 5.32 Å². The minimum Gasteiger partial charge on any atom is -0.313 e. The van der Waals surface area contributed by atoms with Crippen LogP contribution in [0.2, 0.25) is 0 Å². The van der Waals surface area contributed by atoms with Crippen molar-refractivity contribution < 1.29 is 4.79 Å². The molecule has 1 saturated carbocycles. The highest BCUT2D eigenvalue weighted by Crippen LogP contribution is 2.33. The predicted molar refractivity (Wildman–Crippen MR) is 61.8 cm³/mol. The third-order valence-corrected chi connectivity index (χ3v) is 3.88. The Hall–Kier alpha value is -0.370. The van der Waals surface area contributed by atoms with Crippen molar-refractivity contribution in [2.24, 2.45) is 11.8 Å². The monoisotopic (exact) mass is 209 g/mol. The van der Waals surface area contributed by atoms with Gasteiger partial charge in [-0.25, -0.2) is 0 Å². The summed E-state index contributed by atoms with van der Waals surface area (Å²) in [7, 11) is 0. The van der Waals surface area contributed by atoms with E-state index in [1.807, 2.05) is 0 Å². The molecule has 1 aliphatic heterocycles. The van der Waals surface area contributed by atoms with Crippen molar-refractivity contribution in [3.8, 4) is 0 Å². The standard InChI is InChI=1S/C13H23NO/c1-10(13(15)11-7-8-11)12-6-4-2-3-5-9-14-12/h10-12,14H,2-9H2,1H3. The first-order valence-corrected chi connectivity index (χ1v) is 6.56. The van der Waals surface area contributed by atoms with Gasteiger partial charge in [0.25, 0.3) is 0 Å². The molecular formula is C13H23NO. The smallest absolute Gasteiger partial charge is 0.140 e. The molecule has 1 heterocycles. The Bertz CT molecular complexity index is 215. The van der Waals surface area contributed by atoms with Crippen LogP contribution in [0.4, 0.5) is 0 Å². The lowest BCUT2D eigenvalue weighted by atomic mass is 9.89. The number of rotatable bonds is 3. The summed E-state index contributed by atoms with van der Waals surface area (Å²) in [6.45, 7) is 3.23. The highest BCUT2D eigenvalue weighted by atomic mass is 16.1. The van der Waals surface area contributed by atoms with Crippen LogP contribution in [-0.4, -0.2) is 18.4 Å². The van der Waals surface area contributed by atoms with Crippen LogP contribution in [0.3, 0.4) is 0 Å². The predicted octanol–water partition coefficient (Wildman–Crippen LogP) is 2.52. The lowest BCUT2D eigenvalue weighted by molar-refractivity contribution is -0.124. The summed E-state index contributed by atoms with van der Waals surface area (Å²) in [5.74, 6) is 1.19. The highest BCUT2D eigenvalue weighted by molar-refractivity contribution is 5.85. The number of hydrogen-bond acceptors (Lipinski definition) is 2.